The molecule has 0 atom stereocenters. The zero-order valence-corrected chi connectivity index (χ0v) is 12.0. The Balaban J connectivity index is 1.87. The van der Waals surface area contributed by atoms with Gasteiger partial charge in [0.25, 0.3) is 0 Å². The fourth-order valence-corrected chi connectivity index (χ4v) is 3.18. The summed E-state index contributed by atoms with van der Waals surface area (Å²) < 4.78 is 4.91. The zero-order valence-electron chi connectivity index (χ0n) is 9.62. The van der Waals surface area contributed by atoms with Gasteiger partial charge in [-0.25, -0.2) is 4.98 Å². The van der Waals surface area contributed by atoms with E-state index >= 15 is 0 Å². The van der Waals surface area contributed by atoms with Crippen molar-refractivity contribution in [3.63, 3.8) is 0 Å². The van der Waals surface area contributed by atoms with Crippen LogP contribution in [0.15, 0.2) is 40.5 Å². The van der Waals surface area contributed by atoms with E-state index in [-0.39, 0.29) is 0 Å². The van der Waals surface area contributed by atoms with E-state index in [2.05, 4.69) is 31.1 Å². The average Bonchev–Trinajstić information content (AvgIpc) is 2.92. The SMILES string of the molecule is Cn1cnnc1SCc1nc2ccccn2c1Br. The van der Waals surface area contributed by atoms with Crippen molar-refractivity contribution < 1.29 is 0 Å². The summed E-state index contributed by atoms with van der Waals surface area (Å²) in [6.45, 7) is 0. The molecule has 3 aromatic heterocycles. The standard InChI is InChI=1S/C11H10BrN5S/c1-16-7-13-15-11(16)18-6-8-10(12)17-5-3-2-4-9(17)14-8/h2-5,7H,6H2,1H3. The molecule has 0 saturated heterocycles. The first-order valence-corrected chi connectivity index (χ1v) is 7.12. The number of fused-ring (bicyclic) bond motifs is 1. The lowest BCUT2D eigenvalue weighted by molar-refractivity contribution is 0.788. The highest BCUT2D eigenvalue weighted by molar-refractivity contribution is 9.10. The van der Waals surface area contributed by atoms with Crippen LogP contribution in [0.5, 0.6) is 0 Å². The number of rotatable bonds is 3. The van der Waals surface area contributed by atoms with Gasteiger partial charge in [0.05, 0.1) is 5.69 Å². The lowest BCUT2D eigenvalue weighted by Crippen LogP contribution is -1.90. The van der Waals surface area contributed by atoms with Gasteiger partial charge in [-0.15, -0.1) is 10.2 Å². The molecule has 0 aliphatic carbocycles. The number of nitrogens with zero attached hydrogens (tertiary/aromatic N) is 5. The van der Waals surface area contributed by atoms with Crippen LogP contribution in [-0.4, -0.2) is 24.1 Å². The van der Waals surface area contributed by atoms with Crippen LogP contribution in [0.2, 0.25) is 0 Å². The minimum atomic E-state index is 0.759. The maximum Gasteiger partial charge on any atom is 0.191 e. The number of aryl methyl sites for hydroxylation is 1. The molecule has 0 radical (unpaired) electrons. The first-order valence-electron chi connectivity index (χ1n) is 5.34. The Morgan fingerprint density at radius 1 is 1.39 bits per heavy atom. The van der Waals surface area contributed by atoms with Crippen LogP contribution in [-0.2, 0) is 12.8 Å². The van der Waals surface area contributed by atoms with Crippen molar-refractivity contribution in [3.05, 3.63) is 41.0 Å². The topological polar surface area (TPSA) is 48.0 Å². The molecule has 0 aliphatic heterocycles. The molecular weight excluding hydrogens is 314 g/mol. The van der Waals surface area contributed by atoms with Crippen molar-refractivity contribution in [3.8, 4) is 0 Å². The Labute approximate surface area is 116 Å². The Kier molecular flexibility index (Phi) is 3.09. The number of pyridine rings is 1. The molecule has 3 rings (SSSR count). The summed E-state index contributed by atoms with van der Waals surface area (Å²) in [5, 5.41) is 8.78. The summed E-state index contributed by atoms with van der Waals surface area (Å²) in [5.74, 6) is 0.759. The van der Waals surface area contributed by atoms with Gasteiger partial charge in [0.2, 0.25) is 0 Å². The van der Waals surface area contributed by atoms with Crippen LogP contribution in [0.25, 0.3) is 5.65 Å². The van der Waals surface area contributed by atoms with Gasteiger partial charge in [-0.05, 0) is 28.1 Å². The fraction of sp³-hybridized carbons (Fsp3) is 0.182. The van der Waals surface area contributed by atoms with Crippen LogP contribution in [0.1, 0.15) is 5.69 Å². The van der Waals surface area contributed by atoms with Crippen molar-refractivity contribution >= 4 is 33.3 Å². The van der Waals surface area contributed by atoms with Gasteiger partial charge in [0.15, 0.2) is 5.16 Å². The molecule has 0 N–H and O–H groups in total. The van der Waals surface area contributed by atoms with Gasteiger partial charge >= 0.3 is 0 Å². The highest BCUT2D eigenvalue weighted by atomic mass is 79.9. The average molecular weight is 324 g/mol. The van der Waals surface area contributed by atoms with Crippen LogP contribution >= 0.6 is 27.7 Å². The van der Waals surface area contributed by atoms with Gasteiger partial charge in [-0.2, -0.15) is 0 Å². The molecule has 0 unspecified atom stereocenters. The summed E-state index contributed by atoms with van der Waals surface area (Å²) in [7, 11) is 1.93. The fourth-order valence-electron chi connectivity index (χ4n) is 1.64. The molecule has 7 heteroatoms. The molecule has 0 aliphatic rings. The van der Waals surface area contributed by atoms with Crippen molar-refractivity contribution in [1.29, 1.82) is 0 Å². The Hall–Kier alpha value is -1.34. The molecule has 0 fully saturated rings. The predicted octanol–water partition coefficient (Wildman–Crippen LogP) is 2.52. The summed E-state index contributed by atoms with van der Waals surface area (Å²) >= 11 is 5.20. The predicted molar refractivity (Wildman–Crippen MR) is 73.5 cm³/mol. The van der Waals surface area contributed by atoms with Crippen LogP contribution < -0.4 is 0 Å². The zero-order chi connectivity index (χ0) is 12.5. The number of halogens is 1. The molecule has 0 saturated carbocycles. The van der Waals surface area contributed by atoms with Crippen LogP contribution in [0, 0.1) is 0 Å². The van der Waals surface area contributed by atoms with Gasteiger partial charge < -0.3 is 4.57 Å². The maximum absolute atomic E-state index is 4.58. The van der Waals surface area contributed by atoms with Gasteiger partial charge in [0, 0.05) is 19.0 Å². The minimum absolute atomic E-state index is 0.759. The molecule has 18 heavy (non-hydrogen) atoms. The van der Waals surface area contributed by atoms with Crippen molar-refractivity contribution in [2.75, 3.05) is 0 Å². The second kappa shape index (κ2) is 4.74. The maximum atomic E-state index is 4.58. The molecular formula is C11H10BrN5S. The Morgan fingerprint density at radius 2 is 2.28 bits per heavy atom. The van der Waals surface area contributed by atoms with E-state index in [1.165, 1.54) is 0 Å². The first kappa shape index (κ1) is 11.7. The van der Waals surface area contributed by atoms with E-state index in [1.807, 2.05) is 40.4 Å². The quantitative estimate of drug-likeness (QED) is 0.695. The van der Waals surface area contributed by atoms with E-state index < -0.39 is 0 Å². The number of hydrogen-bond donors (Lipinski definition) is 0. The summed E-state index contributed by atoms with van der Waals surface area (Å²) in [4.78, 5) is 4.58. The van der Waals surface area contributed by atoms with Gasteiger partial charge in [-0.1, -0.05) is 17.8 Å². The normalized spacial score (nSPS) is 11.2. The highest BCUT2D eigenvalue weighted by Gasteiger charge is 2.11. The molecule has 3 heterocycles. The third kappa shape index (κ3) is 2.04. The second-order valence-corrected chi connectivity index (χ2v) is 5.48. The Morgan fingerprint density at radius 3 is 3.00 bits per heavy atom. The minimum Gasteiger partial charge on any atom is -0.312 e. The molecule has 5 nitrogen and oxygen atoms in total. The van der Waals surface area contributed by atoms with Gasteiger partial charge in [-0.3, -0.25) is 4.40 Å². The van der Waals surface area contributed by atoms with Crippen LogP contribution in [0.4, 0.5) is 0 Å². The van der Waals surface area contributed by atoms with E-state index in [4.69, 9.17) is 0 Å². The number of imidazole rings is 1. The largest absolute Gasteiger partial charge is 0.312 e. The number of aromatic nitrogens is 5. The van der Waals surface area contributed by atoms with Crippen molar-refractivity contribution in [2.24, 2.45) is 7.05 Å². The van der Waals surface area contributed by atoms with E-state index in [0.717, 1.165) is 26.9 Å². The lowest BCUT2D eigenvalue weighted by atomic mass is 10.5. The number of hydrogen-bond acceptors (Lipinski definition) is 4. The second-order valence-electron chi connectivity index (χ2n) is 3.79. The monoisotopic (exact) mass is 323 g/mol. The van der Waals surface area contributed by atoms with E-state index in [0.29, 0.717) is 0 Å². The smallest absolute Gasteiger partial charge is 0.191 e. The summed E-state index contributed by atoms with van der Waals surface area (Å²) in [6, 6.07) is 5.95. The van der Waals surface area contributed by atoms with Crippen molar-refractivity contribution in [2.45, 2.75) is 10.9 Å². The summed E-state index contributed by atoms with van der Waals surface area (Å²) in [5.41, 5.74) is 1.95. The Bertz CT molecular complexity index is 690. The third-order valence-electron chi connectivity index (χ3n) is 2.55. The number of thioether (sulfide) groups is 1. The summed E-state index contributed by atoms with van der Waals surface area (Å²) in [6.07, 6.45) is 3.68. The van der Waals surface area contributed by atoms with Gasteiger partial charge in [0.1, 0.15) is 16.6 Å². The highest BCUT2D eigenvalue weighted by Crippen LogP contribution is 2.25. The molecule has 0 aromatic carbocycles. The molecule has 0 spiro atoms. The molecule has 0 bridgehead atoms. The first-order chi connectivity index (χ1) is 8.75. The van der Waals surface area contributed by atoms with E-state index in [1.54, 1.807) is 18.1 Å². The molecule has 0 amide bonds. The molecule has 92 valence electrons. The van der Waals surface area contributed by atoms with E-state index in [9.17, 15) is 0 Å². The lowest BCUT2D eigenvalue weighted by Gasteiger charge is -1.98. The van der Waals surface area contributed by atoms with Crippen LogP contribution in [0.3, 0.4) is 0 Å². The molecule has 3 aromatic rings. The van der Waals surface area contributed by atoms with Crippen molar-refractivity contribution in [1.82, 2.24) is 24.1 Å². The third-order valence-corrected chi connectivity index (χ3v) is 4.43.